The number of rotatable bonds is 6. The van der Waals surface area contributed by atoms with Crippen LogP contribution in [0.2, 0.25) is 10.0 Å². The number of nitrogens with zero attached hydrogens (tertiary/aromatic N) is 1. The molecule has 3 aromatic rings. The molecule has 8 heteroatoms. The Morgan fingerprint density at radius 2 is 1.78 bits per heavy atom. The lowest BCUT2D eigenvalue weighted by atomic mass is 10.2. The van der Waals surface area contributed by atoms with Crippen molar-refractivity contribution < 1.29 is 14.3 Å². The largest absolute Gasteiger partial charge is 0.489 e. The molecule has 0 bridgehead atoms. The first kappa shape index (κ1) is 22.9. The maximum Gasteiger partial charge on any atom is 0.293 e. The van der Waals surface area contributed by atoms with E-state index in [-0.39, 0.29) is 24.3 Å². The van der Waals surface area contributed by atoms with Crippen LogP contribution in [0.4, 0.5) is 4.79 Å². The number of amides is 2. The van der Waals surface area contributed by atoms with Crippen LogP contribution in [0.5, 0.6) is 5.75 Å². The first-order chi connectivity index (χ1) is 15.4. The molecule has 162 valence electrons. The second-order valence-corrected chi connectivity index (χ2v) is 9.74. The maximum atomic E-state index is 12.8. The number of hydrogen-bond acceptors (Lipinski definition) is 4. The molecule has 0 atom stereocenters. The lowest BCUT2D eigenvalue weighted by Crippen LogP contribution is -2.27. The Morgan fingerprint density at radius 1 is 1.00 bits per heavy atom. The van der Waals surface area contributed by atoms with Crippen LogP contribution in [-0.2, 0) is 17.9 Å². The SMILES string of the molecule is O=C1S/C(=C/c2cccc(OCc3ccc(Cl)cc3Cl)c2)C(=O)N1Cc1ccc(Br)cc1. The zero-order chi connectivity index (χ0) is 22.7. The van der Waals surface area contributed by atoms with Gasteiger partial charge in [0.15, 0.2) is 0 Å². The standard InChI is InChI=1S/C24H16BrCl2NO3S/c25-18-7-4-15(5-8-18)13-28-23(29)22(32-24(28)30)11-16-2-1-3-20(10-16)31-14-17-6-9-19(26)12-21(17)27/h1-12H,13-14H2/b22-11+. The molecule has 32 heavy (non-hydrogen) atoms. The third-order valence-electron chi connectivity index (χ3n) is 4.69. The predicted molar refractivity (Wildman–Crippen MR) is 133 cm³/mol. The Balaban J connectivity index is 1.46. The molecule has 0 radical (unpaired) electrons. The quantitative estimate of drug-likeness (QED) is 0.298. The molecule has 1 fully saturated rings. The molecule has 0 saturated carbocycles. The number of halogens is 3. The van der Waals surface area contributed by atoms with Gasteiger partial charge in [-0.2, -0.15) is 0 Å². The lowest BCUT2D eigenvalue weighted by molar-refractivity contribution is -0.123. The van der Waals surface area contributed by atoms with E-state index >= 15 is 0 Å². The Kier molecular flexibility index (Phi) is 7.26. The van der Waals surface area contributed by atoms with Crippen LogP contribution < -0.4 is 4.74 Å². The van der Waals surface area contributed by atoms with Crippen molar-refractivity contribution in [1.29, 1.82) is 0 Å². The zero-order valence-electron chi connectivity index (χ0n) is 16.6. The van der Waals surface area contributed by atoms with Crippen molar-refractivity contribution in [1.82, 2.24) is 4.90 Å². The summed E-state index contributed by atoms with van der Waals surface area (Å²) in [6, 6.07) is 20.1. The number of carbonyl (C=O) groups is 2. The number of ether oxygens (including phenoxy) is 1. The van der Waals surface area contributed by atoms with Crippen LogP contribution in [0.3, 0.4) is 0 Å². The van der Waals surface area contributed by atoms with Gasteiger partial charge >= 0.3 is 0 Å². The topological polar surface area (TPSA) is 46.6 Å². The fraction of sp³-hybridized carbons (Fsp3) is 0.0833. The molecule has 0 unspecified atom stereocenters. The highest BCUT2D eigenvalue weighted by Crippen LogP contribution is 2.34. The lowest BCUT2D eigenvalue weighted by Gasteiger charge is -2.12. The molecule has 3 aromatic carbocycles. The fourth-order valence-electron chi connectivity index (χ4n) is 3.05. The minimum Gasteiger partial charge on any atom is -0.489 e. The molecule has 0 spiro atoms. The van der Waals surface area contributed by atoms with Crippen LogP contribution in [0.15, 0.2) is 76.1 Å². The molecule has 0 aliphatic carbocycles. The summed E-state index contributed by atoms with van der Waals surface area (Å²) in [5.41, 5.74) is 2.46. The van der Waals surface area contributed by atoms with Gasteiger partial charge in [-0.1, -0.05) is 69.5 Å². The van der Waals surface area contributed by atoms with Crippen molar-refractivity contribution in [3.8, 4) is 5.75 Å². The van der Waals surface area contributed by atoms with E-state index in [2.05, 4.69) is 15.9 Å². The number of imide groups is 1. The van der Waals surface area contributed by atoms with Crippen LogP contribution in [0.1, 0.15) is 16.7 Å². The molecule has 1 aliphatic rings. The van der Waals surface area contributed by atoms with E-state index in [1.54, 1.807) is 18.2 Å². The van der Waals surface area contributed by atoms with E-state index in [1.807, 2.05) is 54.6 Å². The van der Waals surface area contributed by atoms with E-state index in [4.69, 9.17) is 27.9 Å². The number of benzene rings is 3. The highest BCUT2D eigenvalue weighted by molar-refractivity contribution is 9.10. The minimum absolute atomic E-state index is 0.236. The number of thioether (sulfide) groups is 1. The van der Waals surface area contributed by atoms with Gasteiger partial charge in [-0.3, -0.25) is 14.5 Å². The predicted octanol–water partition coefficient (Wildman–Crippen LogP) is 7.57. The Morgan fingerprint density at radius 3 is 2.53 bits per heavy atom. The van der Waals surface area contributed by atoms with Crippen molar-refractivity contribution in [3.05, 3.63) is 103 Å². The summed E-state index contributed by atoms with van der Waals surface area (Å²) in [6.07, 6.45) is 1.70. The van der Waals surface area contributed by atoms with Crippen molar-refractivity contribution in [2.75, 3.05) is 0 Å². The van der Waals surface area contributed by atoms with Gasteiger partial charge in [0.1, 0.15) is 12.4 Å². The van der Waals surface area contributed by atoms with Gasteiger partial charge < -0.3 is 4.74 Å². The summed E-state index contributed by atoms with van der Waals surface area (Å²) in [5.74, 6) is 0.320. The van der Waals surface area contributed by atoms with Crippen LogP contribution in [0, 0.1) is 0 Å². The average molecular weight is 549 g/mol. The van der Waals surface area contributed by atoms with Crippen LogP contribution in [-0.4, -0.2) is 16.0 Å². The molecule has 0 aromatic heterocycles. The van der Waals surface area contributed by atoms with Crippen LogP contribution in [0.25, 0.3) is 6.08 Å². The Bertz CT molecular complexity index is 1210. The van der Waals surface area contributed by atoms with E-state index in [1.165, 1.54) is 4.90 Å². The summed E-state index contributed by atoms with van der Waals surface area (Å²) in [5, 5.41) is 0.817. The summed E-state index contributed by atoms with van der Waals surface area (Å²) in [7, 11) is 0. The van der Waals surface area contributed by atoms with E-state index in [0.717, 1.165) is 32.9 Å². The van der Waals surface area contributed by atoms with Crippen molar-refractivity contribution in [3.63, 3.8) is 0 Å². The molecule has 2 amide bonds. The molecular formula is C24H16BrCl2NO3S. The second kappa shape index (κ2) is 10.1. The first-order valence-electron chi connectivity index (χ1n) is 9.55. The Labute approximate surface area is 208 Å². The number of hydrogen-bond donors (Lipinski definition) is 0. The maximum absolute atomic E-state index is 12.8. The van der Waals surface area contributed by atoms with Crippen molar-refractivity contribution >= 4 is 68.1 Å². The van der Waals surface area contributed by atoms with Gasteiger partial charge in [-0.15, -0.1) is 0 Å². The third-order valence-corrected chi connectivity index (χ3v) is 6.72. The monoisotopic (exact) mass is 547 g/mol. The van der Waals surface area contributed by atoms with Crippen molar-refractivity contribution in [2.24, 2.45) is 0 Å². The first-order valence-corrected chi connectivity index (χ1v) is 11.9. The minimum atomic E-state index is -0.304. The Hall–Kier alpha value is -2.25. The summed E-state index contributed by atoms with van der Waals surface area (Å²) >= 11 is 16.4. The van der Waals surface area contributed by atoms with E-state index < -0.39 is 0 Å². The van der Waals surface area contributed by atoms with E-state index in [9.17, 15) is 9.59 Å². The highest BCUT2D eigenvalue weighted by Gasteiger charge is 2.34. The zero-order valence-corrected chi connectivity index (χ0v) is 20.5. The molecule has 4 nitrogen and oxygen atoms in total. The molecule has 1 heterocycles. The van der Waals surface area contributed by atoms with Gasteiger partial charge in [-0.25, -0.2) is 0 Å². The van der Waals surface area contributed by atoms with Gasteiger partial charge in [0.25, 0.3) is 11.1 Å². The molecular weight excluding hydrogens is 533 g/mol. The third kappa shape index (κ3) is 5.56. The van der Waals surface area contributed by atoms with Gasteiger partial charge in [0, 0.05) is 20.1 Å². The molecule has 0 N–H and O–H groups in total. The molecule has 1 saturated heterocycles. The highest BCUT2D eigenvalue weighted by atomic mass is 79.9. The fourth-order valence-corrected chi connectivity index (χ4v) is 4.62. The van der Waals surface area contributed by atoms with Gasteiger partial charge in [0.2, 0.25) is 0 Å². The van der Waals surface area contributed by atoms with Crippen molar-refractivity contribution in [2.45, 2.75) is 13.2 Å². The summed E-state index contributed by atoms with van der Waals surface area (Å²) < 4.78 is 6.79. The smallest absolute Gasteiger partial charge is 0.293 e. The number of carbonyl (C=O) groups excluding carboxylic acids is 2. The van der Waals surface area contributed by atoms with Crippen LogP contribution >= 0.6 is 50.9 Å². The normalized spacial score (nSPS) is 15.0. The molecule has 1 aliphatic heterocycles. The average Bonchev–Trinajstić information content (AvgIpc) is 3.02. The van der Waals surface area contributed by atoms with Gasteiger partial charge in [0.05, 0.1) is 11.4 Å². The summed E-state index contributed by atoms with van der Waals surface area (Å²) in [6.45, 7) is 0.517. The van der Waals surface area contributed by atoms with Gasteiger partial charge in [-0.05, 0) is 65.4 Å². The molecule has 4 rings (SSSR count). The second-order valence-electron chi connectivity index (χ2n) is 6.99. The summed E-state index contributed by atoms with van der Waals surface area (Å²) in [4.78, 5) is 26.8. The van der Waals surface area contributed by atoms with E-state index in [0.29, 0.717) is 20.7 Å².